The molecule has 0 saturated heterocycles. The summed E-state index contributed by atoms with van der Waals surface area (Å²) in [4.78, 5) is 24.0. The summed E-state index contributed by atoms with van der Waals surface area (Å²) in [5, 5.41) is 5.34. The van der Waals surface area contributed by atoms with E-state index in [9.17, 15) is 14.0 Å². The maximum Gasteiger partial charge on any atom is 0.265 e. The third-order valence-corrected chi connectivity index (χ3v) is 3.57. The first-order valence-electron chi connectivity index (χ1n) is 7.24. The molecule has 2 aromatic carbocycles. The minimum absolute atomic E-state index is 0.0733. The molecule has 0 spiro atoms. The summed E-state index contributed by atoms with van der Waals surface area (Å²) >= 11 is 0. The van der Waals surface area contributed by atoms with E-state index in [0.717, 1.165) is 6.07 Å². The van der Waals surface area contributed by atoms with Crippen LogP contribution in [0.2, 0.25) is 0 Å². The lowest BCUT2D eigenvalue weighted by atomic mass is 10.1. The SMILES string of the molecule is COc1ccc(F)cc1C(=O)Nc1ccc2c(c1)NC(=O)C(C)O2. The van der Waals surface area contributed by atoms with Gasteiger partial charge in [0, 0.05) is 5.69 Å². The zero-order chi connectivity index (χ0) is 17.3. The zero-order valence-electron chi connectivity index (χ0n) is 13.1. The average molecular weight is 330 g/mol. The largest absolute Gasteiger partial charge is 0.496 e. The molecule has 3 rings (SSSR count). The molecule has 0 aromatic heterocycles. The molecule has 0 bridgehead atoms. The van der Waals surface area contributed by atoms with Gasteiger partial charge in [0.05, 0.1) is 18.4 Å². The van der Waals surface area contributed by atoms with Crippen molar-refractivity contribution >= 4 is 23.2 Å². The number of methoxy groups -OCH3 is 1. The summed E-state index contributed by atoms with van der Waals surface area (Å²) in [5.41, 5.74) is 0.967. The second-order valence-electron chi connectivity index (χ2n) is 5.26. The highest BCUT2D eigenvalue weighted by Gasteiger charge is 2.24. The van der Waals surface area contributed by atoms with Gasteiger partial charge < -0.3 is 20.1 Å². The molecule has 6 nitrogen and oxygen atoms in total. The molecular weight excluding hydrogens is 315 g/mol. The molecule has 1 aliphatic rings. The molecule has 124 valence electrons. The number of amides is 2. The highest BCUT2D eigenvalue weighted by Crippen LogP contribution is 2.32. The average Bonchev–Trinajstić information content (AvgIpc) is 2.56. The number of hydrogen-bond donors (Lipinski definition) is 2. The van der Waals surface area contributed by atoms with Crippen molar-refractivity contribution in [2.75, 3.05) is 17.7 Å². The molecule has 0 fully saturated rings. The Morgan fingerprint density at radius 3 is 2.83 bits per heavy atom. The van der Waals surface area contributed by atoms with Crippen LogP contribution in [0.3, 0.4) is 0 Å². The van der Waals surface area contributed by atoms with Crippen molar-refractivity contribution in [3.63, 3.8) is 0 Å². The second kappa shape index (κ2) is 6.19. The fraction of sp³-hybridized carbons (Fsp3) is 0.176. The summed E-state index contributed by atoms with van der Waals surface area (Å²) in [6, 6.07) is 8.54. The molecule has 1 heterocycles. The summed E-state index contributed by atoms with van der Waals surface area (Å²) in [7, 11) is 1.40. The third-order valence-electron chi connectivity index (χ3n) is 3.57. The Morgan fingerprint density at radius 2 is 2.08 bits per heavy atom. The number of rotatable bonds is 3. The Balaban J connectivity index is 1.84. The molecule has 2 amide bonds. The second-order valence-corrected chi connectivity index (χ2v) is 5.26. The molecular formula is C17H15FN2O4. The van der Waals surface area contributed by atoms with E-state index in [1.165, 1.54) is 19.2 Å². The van der Waals surface area contributed by atoms with Gasteiger partial charge in [-0.3, -0.25) is 9.59 Å². The monoisotopic (exact) mass is 330 g/mol. The predicted molar refractivity (Wildman–Crippen MR) is 86.1 cm³/mol. The zero-order valence-corrected chi connectivity index (χ0v) is 13.1. The van der Waals surface area contributed by atoms with E-state index in [4.69, 9.17) is 9.47 Å². The van der Waals surface area contributed by atoms with Gasteiger partial charge >= 0.3 is 0 Å². The van der Waals surface area contributed by atoms with Crippen LogP contribution in [0, 0.1) is 5.82 Å². The number of nitrogens with one attached hydrogen (secondary N) is 2. The Hall–Kier alpha value is -3.09. The van der Waals surface area contributed by atoms with E-state index in [1.807, 2.05) is 0 Å². The van der Waals surface area contributed by atoms with Gasteiger partial charge in [0.2, 0.25) is 0 Å². The highest BCUT2D eigenvalue weighted by molar-refractivity contribution is 6.07. The molecule has 1 atom stereocenters. The van der Waals surface area contributed by atoms with Gasteiger partial charge in [0.15, 0.2) is 6.10 Å². The molecule has 1 unspecified atom stereocenters. The van der Waals surface area contributed by atoms with Crippen molar-refractivity contribution in [2.45, 2.75) is 13.0 Å². The Bertz CT molecular complexity index is 822. The summed E-state index contributed by atoms with van der Waals surface area (Å²) in [6.07, 6.45) is -0.575. The Labute approximate surface area is 137 Å². The van der Waals surface area contributed by atoms with Crippen molar-refractivity contribution in [3.8, 4) is 11.5 Å². The van der Waals surface area contributed by atoms with Crippen molar-refractivity contribution in [3.05, 3.63) is 47.8 Å². The van der Waals surface area contributed by atoms with E-state index in [0.29, 0.717) is 17.1 Å². The molecule has 7 heteroatoms. The van der Waals surface area contributed by atoms with E-state index < -0.39 is 17.8 Å². The van der Waals surface area contributed by atoms with Gasteiger partial charge in [0.25, 0.3) is 11.8 Å². The minimum atomic E-state index is -0.575. The number of anilines is 2. The van der Waals surface area contributed by atoms with Gasteiger partial charge in [-0.15, -0.1) is 0 Å². The smallest absolute Gasteiger partial charge is 0.265 e. The van der Waals surface area contributed by atoms with Gasteiger partial charge in [0.1, 0.15) is 17.3 Å². The Morgan fingerprint density at radius 1 is 1.29 bits per heavy atom. The standard InChI is InChI=1S/C17H15FN2O4/c1-9-16(21)20-13-8-11(4-6-15(13)24-9)19-17(22)12-7-10(18)3-5-14(12)23-2/h3-9H,1-2H3,(H,19,22)(H,20,21). The van der Waals surface area contributed by atoms with Crippen LogP contribution in [0.25, 0.3) is 0 Å². The van der Waals surface area contributed by atoms with Crippen molar-refractivity contribution in [1.82, 2.24) is 0 Å². The van der Waals surface area contributed by atoms with Gasteiger partial charge in [-0.1, -0.05) is 0 Å². The van der Waals surface area contributed by atoms with Crippen LogP contribution in [0.1, 0.15) is 17.3 Å². The fourth-order valence-corrected chi connectivity index (χ4v) is 2.34. The van der Waals surface area contributed by atoms with Crippen LogP contribution in [-0.4, -0.2) is 25.0 Å². The van der Waals surface area contributed by atoms with Crippen molar-refractivity contribution < 1.29 is 23.5 Å². The highest BCUT2D eigenvalue weighted by atomic mass is 19.1. The number of carbonyl (C=O) groups is 2. The third kappa shape index (κ3) is 3.01. The molecule has 0 radical (unpaired) electrons. The van der Waals surface area contributed by atoms with Crippen LogP contribution in [0.4, 0.5) is 15.8 Å². The van der Waals surface area contributed by atoms with Crippen LogP contribution < -0.4 is 20.1 Å². The van der Waals surface area contributed by atoms with Crippen LogP contribution in [0.5, 0.6) is 11.5 Å². The van der Waals surface area contributed by atoms with Crippen LogP contribution >= 0.6 is 0 Å². The topological polar surface area (TPSA) is 76.7 Å². The first-order chi connectivity index (χ1) is 11.5. The fourth-order valence-electron chi connectivity index (χ4n) is 2.34. The first-order valence-corrected chi connectivity index (χ1v) is 7.24. The number of carbonyl (C=O) groups excluding carboxylic acids is 2. The van der Waals surface area contributed by atoms with Crippen LogP contribution in [0.15, 0.2) is 36.4 Å². The lowest BCUT2D eigenvalue weighted by molar-refractivity contribution is -0.122. The summed E-state index contributed by atoms with van der Waals surface area (Å²) in [5.74, 6) is -0.553. The van der Waals surface area contributed by atoms with Crippen LogP contribution in [-0.2, 0) is 4.79 Å². The van der Waals surface area contributed by atoms with E-state index in [1.54, 1.807) is 25.1 Å². The lowest BCUT2D eigenvalue weighted by Crippen LogP contribution is -2.34. The first kappa shape index (κ1) is 15.8. The van der Waals surface area contributed by atoms with Gasteiger partial charge in [-0.25, -0.2) is 4.39 Å². The molecule has 24 heavy (non-hydrogen) atoms. The number of hydrogen-bond acceptors (Lipinski definition) is 4. The molecule has 0 aliphatic carbocycles. The van der Waals surface area contributed by atoms with E-state index in [2.05, 4.69) is 10.6 Å². The number of ether oxygens (including phenoxy) is 2. The molecule has 1 aliphatic heterocycles. The van der Waals surface area contributed by atoms with E-state index in [-0.39, 0.29) is 17.2 Å². The molecule has 0 saturated carbocycles. The minimum Gasteiger partial charge on any atom is -0.496 e. The molecule has 2 N–H and O–H groups in total. The quantitative estimate of drug-likeness (QED) is 0.907. The van der Waals surface area contributed by atoms with Gasteiger partial charge in [-0.05, 0) is 43.3 Å². The number of halogens is 1. The predicted octanol–water partition coefficient (Wildman–Crippen LogP) is 2.81. The maximum atomic E-state index is 13.4. The summed E-state index contributed by atoms with van der Waals surface area (Å²) in [6.45, 7) is 1.64. The van der Waals surface area contributed by atoms with Crippen molar-refractivity contribution in [2.24, 2.45) is 0 Å². The molecule has 2 aromatic rings. The lowest BCUT2D eigenvalue weighted by Gasteiger charge is -2.23. The Kier molecular flexibility index (Phi) is 4.07. The van der Waals surface area contributed by atoms with Crippen molar-refractivity contribution in [1.29, 1.82) is 0 Å². The maximum absolute atomic E-state index is 13.4. The number of benzene rings is 2. The van der Waals surface area contributed by atoms with E-state index >= 15 is 0 Å². The normalized spacial score (nSPS) is 15.8. The van der Waals surface area contributed by atoms with Gasteiger partial charge in [-0.2, -0.15) is 0 Å². The summed E-state index contributed by atoms with van der Waals surface area (Å²) < 4.78 is 23.9. The number of fused-ring (bicyclic) bond motifs is 1.